The summed E-state index contributed by atoms with van der Waals surface area (Å²) in [4.78, 5) is 28.5. The van der Waals surface area contributed by atoms with Gasteiger partial charge in [-0.3, -0.25) is 4.79 Å². The van der Waals surface area contributed by atoms with Crippen LogP contribution in [-0.4, -0.2) is 66.6 Å². The number of ether oxygens (including phenoxy) is 1. The SMILES string of the molecule is Cc1cccc(N2C(=NC(=O)COCC(=O)O)S[C@H]3CS(=O)(=O)C[C@H]32)c1C. The average molecular weight is 412 g/mol. The molecule has 0 spiro atoms. The molecule has 1 N–H and O–H groups in total. The normalized spacial score (nSPS) is 25.0. The molecule has 146 valence electrons. The van der Waals surface area contributed by atoms with Gasteiger partial charge in [0.15, 0.2) is 15.0 Å². The lowest BCUT2D eigenvalue weighted by Crippen LogP contribution is -2.38. The molecule has 0 saturated carbocycles. The Morgan fingerprint density at radius 2 is 2.04 bits per heavy atom. The van der Waals surface area contributed by atoms with Crippen LogP contribution in [0.15, 0.2) is 23.2 Å². The molecule has 8 nitrogen and oxygen atoms in total. The average Bonchev–Trinajstić information content (AvgIpc) is 3.01. The van der Waals surface area contributed by atoms with Gasteiger partial charge >= 0.3 is 5.97 Å². The third-order valence-corrected chi connectivity index (χ3v) is 7.78. The molecule has 3 rings (SSSR count). The molecule has 1 amide bonds. The summed E-state index contributed by atoms with van der Waals surface area (Å²) < 4.78 is 29.0. The number of thioether (sulfide) groups is 1. The second-order valence-corrected chi connectivity index (χ2v) is 9.92. The molecule has 2 fully saturated rings. The van der Waals surface area contributed by atoms with E-state index in [1.54, 1.807) is 0 Å². The van der Waals surface area contributed by atoms with E-state index in [1.165, 1.54) is 11.8 Å². The second kappa shape index (κ2) is 7.61. The number of carbonyl (C=O) groups excluding carboxylic acids is 1. The maximum Gasteiger partial charge on any atom is 0.329 e. The summed E-state index contributed by atoms with van der Waals surface area (Å²) >= 11 is 1.27. The zero-order valence-electron chi connectivity index (χ0n) is 14.9. The number of benzene rings is 1. The highest BCUT2D eigenvalue weighted by molar-refractivity contribution is 8.16. The predicted octanol–water partition coefficient (Wildman–Crippen LogP) is 1.01. The van der Waals surface area contributed by atoms with Gasteiger partial charge in [-0.2, -0.15) is 4.99 Å². The number of carboxylic acids is 1. The van der Waals surface area contributed by atoms with Gasteiger partial charge in [-0.25, -0.2) is 13.2 Å². The Hall–Kier alpha value is -1.91. The number of nitrogens with zero attached hydrogens (tertiary/aromatic N) is 2. The molecule has 0 unspecified atom stereocenters. The van der Waals surface area contributed by atoms with Gasteiger partial charge in [-0.15, -0.1) is 0 Å². The zero-order chi connectivity index (χ0) is 19.8. The third-order valence-electron chi connectivity index (χ3n) is 4.57. The molecule has 0 bridgehead atoms. The number of aliphatic carboxylic acids is 1. The Balaban J connectivity index is 1.91. The number of hydrogen-bond donors (Lipinski definition) is 1. The van der Waals surface area contributed by atoms with Crippen molar-refractivity contribution in [1.82, 2.24) is 0 Å². The van der Waals surface area contributed by atoms with Crippen LogP contribution >= 0.6 is 11.8 Å². The Kier molecular flexibility index (Phi) is 5.59. The lowest BCUT2D eigenvalue weighted by molar-refractivity contribution is -0.143. The fraction of sp³-hybridized carbons (Fsp3) is 0.471. The van der Waals surface area contributed by atoms with Crippen molar-refractivity contribution in [1.29, 1.82) is 0 Å². The van der Waals surface area contributed by atoms with E-state index in [1.807, 2.05) is 36.9 Å². The number of aliphatic imine (C=N–C) groups is 1. The van der Waals surface area contributed by atoms with Crippen molar-refractivity contribution in [2.75, 3.05) is 29.6 Å². The first kappa shape index (κ1) is 19.8. The summed E-state index contributed by atoms with van der Waals surface area (Å²) in [5.74, 6) is -1.70. The zero-order valence-corrected chi connectivity index (χ0v) is 16.5. The Morgan fingerprint density at radius 1 is 1.30 bits per heavy atom. The second-order valence-electron chi connectivity index (χ2n) is 6.56. The molecule has 1 aromatic rings. The maximum atomic E-state index is 12.1. The predicted molar refractivity (Wildman–Crippen MR) is 103 cm³/mol. The van der Waals surface area contributed by atoms with E-state index in [0.29, 0.717) is 5.17 Å². The largest absolute Gasteiger partial charge is 0.480 e. The summed E-state index contributed by atoms with van der Waals surface area (Å²) in [6.07, 6.45) is 0. The third kappa shape index (κ3) is 4.33. The van der Waals surface area contributed by atoms with Crippen molar-refractivity contribution >= 4 is 44.3 Å². The molecule has 2 aliphatic heterocycles. The van der Waals surface area contributed by atoms with Crippen LogP contribution in [0.2, 0.25) is 0 Å². The van der Waals surface area contributed by atoms with Crippen LogP contribution in [0.4, 0.5) is 5.69 Å². The summed E-state index contributed by atoms with van der Waals surface area (Å²) in [5.41, 5.74) is 2.87. The number of carbonyl (C=O) groups is 2. The van der Waals surface area contributed by atoms with Gasteiger partial charge in [0, 0.05) is 10.9 Å². The van der Waals surface area contributed by atoms with Crippen molar-refractivity contribution in [2.24, 2.45) is 4.99 Å². The smallest absolute Gasteiger partial charge is 0.329 e. The van der Waals surface area contributed by atoms with Crippen LogP contribution in [0.3, 0.4) is 0 Å². The number of hydrogen-bond acceptors (Lipinski definition) is 6. The molecule has 0 aliphatic carbocycles. The highest BCUT2D eigenvalue weighted by Gasteiger charge is 2.49. The Bertz CT molecular complexity index is 912. The van der Waals surface area contributed by atoms with Crippen molar-refractivity contribution in [3.8, 4) is 0 Å². The standard InChI is InChI=1S/C17H20N2O6S2/c1-10-4-3-5-12(11(10)2)19-13-8-27(23,24)9-14(13)26-17(19)18-15(20)6-25-7-16(21)22/h3-5,13-14H,6-9H2,1-2H3,(H,21,22)/t13-,14+/m1/s1. The number of sulfone groups is 1. The van der Waals surface area contributed by atoms with Crippen LogP contribution < -0.4 is 4.90 Å². The van der Waals surface area contributed by atoms with E-state index < -0.39 is 34.9 Å². The molecule has 27 heavy (non-hydrogen) atoms. The number of amidine groups is 1. The van der Waals surface area contributed by atoms with Crippen molar-refractivity contribution in [3.05, 3.63) is 29.3 Å². The van der Waals surface area contributed by atoms with Gasteiger partial charge in [-0.05, 0) is 31.0 Å². The fourth-order valence-corrected chi connectivity index (χ4v) is 7.13. The molecule has 0 aromatic heterocycles. The first-order chi connectivity index (χ1) is 12.7. The first-order valence-electron chi connectivity index (χ1n) is 8.31. The fourth-order valence-electron chi connectivity index (χ4n) is 3.21. The van der Waals surface area contributed by atoms with Crippen molar-refractivity contribution in [2.45, 2.75) is 25.1 Å². The van der Waals surface area contributed by atoms with Gasteiger partial charge in [0.2, 0.25) is 0 Å². The van der Waals surface area contributed by atoms with Crippen molar-refractivity contribution < 1.29 is 27.9 Å². The summed E-state index contributed by atoms with van der Waals surface area (Å²) in [5, 5.41) is 8.81. The van der Waals surface area contributed by atoms with Gasteiger partial charge in [-0.1, -0.05) is 23.9 Å². The molecule has 2 heterocycles. The number of fused-ring (bicyclic) bond motifs is 1. The van der Waals surface area contributed by atoms with Crippen LogP contribution in [0.5, 0.6) is 0 Å². The molecule has 10 heteroatoms. The van der Waals surface area contributed by atoms with E-state index in [-0.39, 0.29) is 22.8 Å². The molecular formula is C17H20N2O6S2. The molecule has 2 atom stereocenters. The molecule has 2 aliphatic rings. The maximum absolute atomic E-state index is 12.1. The lowest BCUT2D eigenvalue weighted by Gasteiger charge is -2.26. The lowest BCUT2D eigenvalue weighted by atomic mass is 10.1. The summed E-state index contributed by atoms with van der Waals surface area (Å²) in [6.45, 7) is 2.90. The van der Waals surface area contributed by atoms with E-state index in [4.69, 9.17) is 9.84 Å². The minimum absolute atomic E-state index is 0.0147. The highest BCUT2D eigenvalue weighted by atomic mass is 32.2. The summed E-state index contributed by atoms with van der Waals surface area (Å²) in [6, 6.07) is 5.45. The topological polar surface area (TPSA) is 113 Å². The van der Waals surface area contributed by atoms with Gasteiger partial charge in [0.05, 0.1) is 17.5 Å². The van der Waals surface area contributed by atoms with E-state index in [2.05, 4.69) is 4.99 Å². The first-order valence-corrected chi connectivity index (χ1v) is 11.0. The van der Waals surface area contributed by atoms with E-state index in [9.17, 15) is 18.0 Å². The number of carboxylic acid groups (broad SMARTS) is 1. The van der Waals surface area contributed by atoms with Gasteiger partial charge < -0.3 is 14.7 Å². The number of aryl methyl sites for hydroxylation is 1. The van der Waals surface area contributed by atoms with Crippen LogP contribution in [0.25, 0.3) is 0 Å². The van der Waals surface area contributed by atoms with Gasteiger partial charge in [0.25, 0.3) is 5.91 Å². The molecular weight excluding hydrogens is 392 g/mol. The molecule has 1 aromatic carbocycles. The van der Waals surface area contributed by atoms with Crippen LogP contribution in [0, 0.1) is 13.8 Å². The van der Waals surface area contributed by atoms with Crippen molar-refractivity contribution in [3.63, 3.8) is 0 Å². The number of amides is 1. The Labute approximate surface area is 161 Å². The highest BCUT2D eigenvalue weighted by Crippen LogP contribution is 2.42. The Morgan fingerprint density at radius 3 is 2.74 bits per heavy atom. The van der Waals surface area contributed by atoms with E-state index >= 15 is 0 Å². The quantitative estimate of drug-likeness (QED) is 0.762. The summed E-state index contributed by atoms with van der Waals surface area (Å²) in [7, 11) is -3.14. The van der Waals surface area contributed by atoms with Crippen LogP contribution in [-0.2, 0) is 24.2 Å². The molecule has 0 radical (unpaired) electrons. The van der Waals surface area contributed by atoms with Crippen LogP contribution in [0.1, 0.15) is 11.1 Å². The number of rotatable bonds is 5. The minimum Gasteiger partial charge on any atom is -0.480 e. The number of anilines is 1. The molecule has 2 saturated heterocycles. The minimum atomic E-state index is -3.14. The van der Waals surface area contributed by atoms with E-state index in [0.717, 1.165) is 16.8 Å². The van der Waals surface area contributed by atoms with Gasteiger partial charge in [0.1, 0.15) is 13.2 Å². The monoisotopic (exact) mass is 412 g/mol.